The van der Waals surface area contributed by atoms with Crippen LogP contribution >= 0.6 is 22.6 Å². The predicted octanol–water partition coefficient (Wildman–Crippen LogP) is 5.10. The summed E-state index contributed by atoms with van der Waals surface area (Å²) in [7, 11) is 1.88. The molecule has 1 aliphatic carbocycles. The van der Waals surface area contributed by atoms with Gasteiger partial charge < -0.3 is 0 Å². The molecule has 34 heavy (non-hydrogen) atoms. The van der Waals surface area contributed by atoms with Gasteiger partial charge in [0.05, 0.1) is 17.6 Å². The lowest BCUT2D eigenvalue weighted by atomic mass is 10.1. The molecule has 0 radical (unpaired) electrons. The Morgan fingerprint density at radius 1 is 1.12 bits per heavy atom. The van der Waals surface area contributed by atoms with Gasteiger partial charge >= 0.3 is 0 Å². The van der Waals surface area contributed by atoms with E-state index >= 15 is 0 Å². The van der Waals surface area contributed by atoms with Gasteiger partial charge in [0.2, 0.25) is 5.95 Å². The van der Waals surface area contributed by atoms with E-state index in [-0.39, 0.29) is 5.91 Å². The molecular formula is C27H20IN5O. The summed E-state index contributed by atoms with van der Waals surface area (Å²) in [5.74, 6) is 7.13. The van der Waals surface area contributed by atoms with Crippen LogP contribution in [0.1, 0.15) is 29.5 Å². The number of hydrogen-bond donors (Lipinski definition) is 0. The molecule has 0 saturated heterocycles. The number of fused-ring (bicyclic) bond motifs is 2. The SMILES string of the molecule is C=Cc1cc(C#Cc2ccccc2)cc(I)c1N1C(=O)C2(CC2)n2c(-c3ccn(C)n3)cnc21. The van der Waals surface area contributed by atoms with Crippen molar-refractivity contribution in [3.8, 4) is 23.2 Å². The Balaban J connectivity index is 1.46. The van der Waals surface area contributed by atoms with Crippen LogP contribution in [0.4, 0.5) is 11.6 Å². The molecule has 1 aliphatic heterocycles. The number of amides is 1. The van der Waals surface area contributed by atoms with Crippen molar-refractivity contribution in [3.05, 3.63) is 87.8 Å². The van der Waals surface area contributed by atoms with E-state index in [1.165, 1.54) is 0 Å². The van der Waals surface area contributed by atoms with Gasteiger partial charge in [-0.15, -0.1) is 0 Å². The van der Waals surface area contributed by atoms with Crippen molar-refractivity contribution in [3.63, 3.8) is 0 Å². The summed E-state index contributed by atoms with van der Waals surface area (Å²) >= 11 is 2.28. The molecule has 6 nitrogen and oxygen atoms in total. The first-order valence-corrected chi connectivity index (χ1v) is 12.1. The minimum atomic E-state index is -0.577. The van der Waals surface area contributed by atoms with Crippen molar-refractivity contribution in [1.29, 1.82) is 0 Å². The predicted molar refractivity (Wildman–Crippen MR) is 140 cm³/mol. The molecule has 0 N–H and O–H groups in total. The van der Waals surface area contributed by atoms with Gasteiger partial charge in [0.25, 0.3) is 5.91 Å². The number of benzene rings is 2. The Bertz CT molecular complexity index is 1530. The summed E-state index contributed by atoms with van der Waals surface area (Å²) in [6.45, 7) is 4.02. The minimum Gasteiger partial charge on any atom is -0.293 e. The number of rotatable bonds is 3. The van der Waals surface area contributed by atoms with Crippen molar-refractivity contribution in [1.82, 2.24) is 19.3 Å². The highest BCUT2D eigenvalue weighted by Crippen LogP contribution is 2.56. The number of halogens is 1. The summed E-state index contributed by atoms with van der Waals surface area (Å²) in [4.78, 5) is 20.2. The summed E-state index contributed by atoms with van der Waals surface area (Å²) in [6, 6.07) is 15.8. The Morgan fingerprint density at radius 3 is 2.56 bits per heavy atom. The van der Waals surface area contributed by atoms with Crippen LogP contribution in [0.5, 0.6) is 0 Å². The van der Waals surface area contributed by atoms with Crippen molar-refractivity contribution < 1.29 is 4.79 Å². The number of aryl methyl sites for hydroxylation is 1. The van der Waals surface area contributed by atoms with E-state index < -0.39 is 5.54 Å². The Hall–Kier alpha value is -3.64. The number of anilines is 2. The van der Waals surface area contributed by atoms with Gasteiger partial charge in [0.15, 0.2) is 0 Å². The third-order valence-electron chi connectivity index (χ3n) is 6.33. The van der Waals surface area contributed by atoms with Crippen LogP contribution in [-0.4, -0.2) is 25.2 Å². The zero-order valence-corrected chi connectivity index (χ0v) is 20.7. The standard InChI is InChI=1S/C27H20IN5O/c1-3-20-15-19(10-9-18-7-5-4-6-8-18)16-21(28)24(20)32-25(34)27(12-13-27)33-23(17-29-26(32)33)22-11-14-31(2)30-22/h3-8,11,14-17H,1,12-13H2,2H3. The van der Waals surface area contributed by atoms with E-state index in [2.05, 4.69) is 50.7 Å². The smallest absolute Gasteiger partial charge is 0.260 e. The molecule has 166 valence electrons. The number of carbonyl (C=O) groups is 1. The van der Waals surface area contributed by atoms with Crippen LogP contribution in [0.15, 0.2) is 67.5 Å². The fourth-order valence-corrected chi connectivity index (χ4v) is 5.44. The summed E-state index contributed by atoms with van der Waals surface area (Å²) in [5.41, 5.74) is 4.58. The quantitative estimate of drug-likeness (QED) is 0.260. The largest absolute Gasteiger partial charge is 0.293 e. The monoisotopic (exact) mass is 557 g/mol. The minimum absolute atomic E-state index is 0.0527. The first kappa shape index (κ1) is 20.9. The van der Waals surface area contributed by atoms with Gasteiger partial charge in [-0.2, -0.15) is 5.10 Å². The molecule has 2 aromatic heterocycles. The third-order valence-corrected chi connectivity index (χ3v) is 7.16. The van der Waals surface area contributed by atoms with E-state index in [9.17, 15) is 4.79 Å². The molecule has 2 aliphatic rings. The Kier molecular flexibility index (Phi) is 4.74. The average molecular weight is 557 g/mol. The molecule has 4 aromatic rings. The van der Waals surface area contributed by atoms with Crippen molar-refractivity contribution in [2.75, 3.05) is 4.90 Å². The molecule has 1 amide bonds. The normalized spacial score (nSPS) is 15.2. The topological polar surface area (TPSA) is 56.0 Å². The highest BCUT2D eigenvalue weighted by atomic mass is 127. The second kappa shape index (κ2) is 7.71. The van der Waals surface area contributed by atoms with Gasteiger partial charge in [-0.3, -0.25) is 14.0 Å². The third kappa shape index (κ3) is 3.13. The second-order valence-corrected chi connectivity index (χ2v) is 9.70. The van der Waals surface area contributed by atoms with Crippen LogP contribution < -0.4 is 4.90 Å². The van der Waals surface area contributed by atoms with Crippen LogP contribution in [-0.2, 0) is 17.4 Å². The first-order valence-electron chi connectivity index (χ1n) is 11.0. The lowest BCUT2D eigenvalue weighted by molar-refractivity contribution is -0.120. The number of nitrogens with zero attached hydrogens (tertiary/aromatic N) is 5. The fraction of sp³-hybridized carbons (Fsp3) is 0.148. The molecule has 0 atom stereocenters. The summed E-state index contributed by atoms with van der Waals surface area (Å²) < 4.78 is 4.76. The second-order valence-electron chi connectivity index (χ2n) is 8.54. The van der Waals surface area contributed by atoms with Gasteiger partial charge in [-0.1, -0.05) is 42.7 Å². The van der Waals surface area contributed by atoms with Crippen molar-refractivity contribution in [2.45, 2.75) is 18.4 Å². The molecule has 0 bridgehead atoms. The Labute approximate surface area is 211 Å². The Morgan fingerprint density at radius 2 is 1.88 bits per heavy atom. The average Bonchev–Trinajstić information content (AvgIpc) is 3.24. The fourth-order valence-electron chi connectivity index (χ4n) is 4.56. The number of aromatic nitrogens is 4. The highest BCUT2D eigenvalue weighted by molar-refractivity contribution is 14.1. The maximum Gasteiger partial charge on any atom is 0.260 e. The number of imidazole rings is 1. The maximum atomic E-state index is 13.8. The molecule has 0 unspecified atom stereocenters. The molecule has 6 rings (SSSR count). The highest BCUT2D eigenvalue weighted by Gasteiger charge is 2.61. The first-order chi connectivity index (χ1) is 16.5. The molecule has 1 fully saturated rings. The molecular weight excluding hydrogens is 537 g/mol. The molecule has 1 spiro atoms. The van der Waals surface area contributed by atoms with E-state index in [1.54, 1.807) is 15.7 Å². The zero-order valence-electron chi connectivity index (χ0n) is 18.5. The van der Waals surface area contributed by atoms with E-state index in [1.807, 2.05) is 68.0 Å². The van der Waals surface area contributed by atoms with E-state index in [4.69, 9.17) is 4.98 Å². The van der Waals surface area contributed by atoms with Gasteiger partial charge in [0, 0.05) is 33.5 Å². The van der Waals surface area contributed by atoms with E-state index in [0.29, 0.717) is 5.95 Å². The van der Waals surface area contributed by atoms with Crippen LogP contribution in [0.2, 0.25) is 0 Å². The van der Waals surface area contributed by atoms with E-state index in [0.717, 1.165) is 50.2 Å². The maximum absolute atomic E-state index is 13.8. The molecule has 2 aromatic carbocycles. The lowest BCUT2D eigenvalue weighted by Crippen LogP contribution is -2.31. The molecule has 1 saturated carbocycles. The lowest BCUT2D eigenvalue weighted by Gasteiger charge is -2.20. The van der Waals surface area contributed by atoms with Crippen LogP contribution in [0.3, 0.4) is 0 Å². The van der Waals surface area contributed by atoms with Gasteiger partial charge in [-0.05, 0) is 65.8 Å². The molecule has 7 heteroatoms. The van der Waals surface area contributed by atoms with Gasteiger partial charge in [0.1, 0.15) is 11.2 Å². The van der Waals surface area contributed by atoms with Crippen LogP contribution in [0, 0.1) is 15.4 Å². The molecule has 3 heterocycles. The van der Waals surface area contributed by atoms with Crippen LogP contribution in [0.25, 0.3) is 17.5 Å². The number of carbonyl (C=O) groups excluding carboxylic acids is 1. The van der Waals surface area contributed by atoms with Crippen molar-refractivity contribution in [2.24, 2.45) is 7.05 Å². The van der Waals surface area contributed by atoms with Gasteiger partial charge in [-0.25, -0.2) is 9.88 Å². The summed E-state index contributed by atoms with van der Waals surface area (Å²) in [6.07, 6.45) is 7.09. The zero-order chi connectivity index (χ0) is 23.4. The number of hydrogen-bond acceptors (Lipinski definition) is 3. The van der Waals surface area contributed by atoms with Crippen molar-refractivity contribution >= 4 is 46.2 Å². The summed E-state index contributed by atoms with van der Waals surface area (Å²) in [5, 5.41) is 4.55.